The first-order valence-corrected chi connectivity index (χ1v) is 7.15. The van der Waals surface area contributed by atoms with Gasteiger partial charge in [0.25, 0.3) is 0 Å². The molecule has 1 aliphatic carbocycles. The van der Waals surface area contributed by atoms with E-state index < -0.39 is 23.7 Å². The van der Waals surface area contributed by atoms with Gasteiger partial charge in [-0.2, -0.15) is 13.2 Å². The van der Waals surface area contributed by atoms with E-state index in [0.29, 0.717) is 12.1 Å². The van der Waals surface area contributed by atoms with Gasteiger partial charge in [-0.25, -0.2) is 4.39 Å². The lowest BCUT2D eigenvalue weighted by molar-refractivity contribution is -0.140. The van der Waals surface area contributed by atoms with Crippen LogP contribution in [0.1, 0.15) is 42.9 Å². The summed E-state index contributed by atoms with van der Waals surface area (Å²) in [6, 6.07) is 3.12. The summed E-state index contributed by atoms with van der Waals surface area (Å²) in [6.45, 7) is 1.18. The summed E-state index contributed by atoms with van der Waals surface area (Å²) in [5.74, 6) is -1.24. The molecule has 0 radical (unpaired) electrons. The first-order valence-electron chi connectivity index (χ1n) is 7.15. The highest BCUT2D eigenvalue weighted by molar-refractivity contribution is 5.29. The van der Waals surface area contributed by atoms with Gasteiger partial charge in [-0.15, -0.1) is 0 Å². The number of ether oxygens (including phenoxy) is 1. The minimum atomic E-state index is -4.69. The van der Waals surface area contributed by atoms with Crippen LogP contribution < -0.4 is 5.32 Å². The Morgan fingerprint density at radius 2 is 1.90 bits per heavy atom. The maximum atomic E-state index is 13.4. The van der Waals surface area contributed by atoms with Crippen LogP contribution in [-0.2, 0) is 10.9 Å². The van der Waals surface area contributed by atoms with Gasteiger partial charge >= 0.3 is 6.18 Å². The SMILES string of the molecule is Fc1ccc(C2CNCC3(CCCC3)O2)cc1C(F)(F)F. The number of hydrogen-bond donors (Lipinski definition) is 1. The van der Waals surface area contributed by atoms with Crippen molar-refractivity contribution in [2.24, 2.45) is 0 Å². The van der Waals surface area contributed by atoms with Crippen molar-refractivity contribution in [2.75, 3.05) is 13.1 Å². The molecule has 0 amide bonds. The largest absolute Gasteiger partial charge is 0.419 e. The molecule has 1 atom stereocenters. The van der Waals surface area contributed by atoms with Crippen molar-refractivity contribution in [3.63, 3.8) is 0 Å². The zero-order valence-corrected chi connectivity index (χ0v) is 11.5. The summed E-state index contributed by atoms with van der Waals surface area (Å²) in [4.78, 5) is 0. The van der Waals surface area contributed by atoms with E-state index in [0.717, 1.165) is 44.4 Å². The second-order valence-electron chi connectivity index (χ2n) is 5.86. The molecule has 3 rings (SSSR count). The van der Waals surface area contributed by atoms with Crippen LogP contribution in [0.5, 0.6) is 0 Å². The molecule has 2 fully saturated rings. The summed E-state index contributed by atoms with van der Waals surface area (Å²) in [6.07, 6.45) is -1.16. The summed E-state index contributed by atoms with van der Waals surface area (Å²) >= 11 is 0. The molecule has 1 N–H and O–H groups in total. The molecule has 1 spiro atoms. The summed E-state index contributed by atoms with van der Waals surface area (Å²) in [5.41, 5.74) is -1.12. The Labute approximate surface area is 120 Å². The molecule has 0 aromatic heterocycles. The second-order valence-corrected chi connectivity index (χ2v) is 5.86. The molecule has 116 valence electrons. The van der Waals surface area contributed by atoms with Gasteiger partial charge in [-0.1, -0.05) is 18.9 Å². The van der Waals surface area contributed by atoms with E-state index in [2.05, 4.69) is 5.32 Å². The van der Waals surface area contributed by atoms with E-state index in [-0.39, 0.29) is 5.60 Å². The highest BCUT2D eigenvalue weighted by atomic mass is 19.4. The van der Waals surface area contributed by atoms with Crippen LogP contribution in [0.4, 0.5) is 17.6 Å². The standard InChI is InChI=1S/C15H17F4NO/c16-12-4-3-10(7-11(12)15(17,18)19)13-8-20-9-14(21-13)5-1-2-6-14/h3-4,7,13,20H,1-2,5-6,8-9H2. The second kappa shape index (κ2) is 5.25. The quantitative estimate of drug-likeness (QED) is 0.796. The van der Waals surface area contributed by atoms with Crippen LogP contribution in [0.25, 0.3) is 0 Å². The Morgan fingerprint density at radius 3 is 2.57 bits per heavy atom. The fourth-order valence-corrected chi connectivity index (χ4v) is 3.28. The molecule has 1 aliphatic heterocycles. The predicted molar refractivity (Wildman–Crippen MR) is 69.3 cm³/mol. The molecule has 2 aliphatic rings. The van der Waals surface area contributed by atoms with Crippen LogP contribution in [0.2, 0.25) is 0 Å². The van der Waals surface area contributed by atoms with Crippen LogP contribution >= 0.6 is 0 Å². The van der Waals surface area contributed by atoms with Crippen LogP contribution in [-0.4, -0.2) is 18.7 Å². The molecule has 1 aromatic rings. The highest BCUT2D eigenvalue weighted by Gasteiger charge is 2.41. The van der Waals surface area contributed by atoms with Crippen LogP contribution in [0.15, 0.2) is 18.2 Å². The smallest absolute Gasteiger partial charge is 0.364 e. The minimum absolute atomic E-state index is 0.268. The van der Waals surface area contributed by atoms with Crippen molar-refractivity contribution in [3.05, 3.63) is 35.1 Å². The first-order chi connectivity index (χ1) is 9.90. The lowest BCUT2D eigenvalue weighted by Gasteiger charge is -2.39. The van der Waals surface area contributed by atoms with Gasteiger partial charge in [0, 0.05) is 13.1 Å². The molecule has 1 saturated carbocycles. The fourth-order valence-electron chi connectivity index (χ4n) is 3.28. The molecule has 1 saturated heterocycles. The average molecular weight is 303 g/mol. The van der Waals surface area contributed by atoms with E-state index in [4.69, 9.17) is 4.74 Å². The number of halogens is 4. The third-order valence-electron chi connectivity index (χ3n) is 4.35. The Kier molecular flexibility index (Phi) is 3.69. The van der Waals surface area contributed by atoms with Gasteiger partial charge in [0.2, 0.25) is 0 Å². The normalized spacial score (nSPS) is 25.4. The third-order valence-corrected chi connectivity index (χ3v) is 4.35. The van der Waals surface area contributed by atoms with Crippen molar-refractivity contribution in [2.45, 2.75) is 43.6 Å². The number of benzene rings is 1. The molecule has 1 heterocycles. The Bertz CT molecular complexity index is 523. The Hall–Kier alpha value is -1.14. The zero-order valence-electron chi connectivity index (χ0n) is 11.5. The summed E-state index contributed by atoms with van der Waals surface area (Å²) < 4.78 is 57.8. The van der Waals surface area contributed by atoms with E-state index in [1.165, 1.54) is 6.07 Å². The van der Waals surface area contributed by atoms with Crippen LogP contribution in [0, 0.1) is 5.82 Å². The van der Waals surface area contributed by atoms with Crippen molar-refractivity contribution in [3.8, 4) is 0 Å². The maximum Gasteiger partial charge on any atom is 0.419 e. The van der Waals surface area contributed by atoms with Crippen molar-refractivity contribution in [1.29, 1.82) is 0 Å². The van der Waals surface area contributed by atoms with Gasteiger partial charge in [0.15, 0.2) is 0 Å². The Balaban J connectivity index is 1.86. The molecule has 0 bridgehead atoms. The average Bonchev–Trinajstić information content (AvgIpc) is 2.86. The van der Waals surface area contributed by atoms with E-state index >= 15 is 0 Å². The molecular formula is C15H17F4NO. The van der Waals surface area contributed by atoms with Gasteiger partial charge in [0.1, 0.15) is 5.82 Å². The Morgan fingerprint density at radius 1 is 1.19 bits per heavy atom. The number of nitrogens with one attached hydrogen (secondary N) is 1. The number of alkyl halides is 3. The topological polar surface area (TPSA) is 21.3 Å². The molecule has 1 unspecified atom stereocenters. The lowest BCUT2D eigenvalue weighted by atomic mass is 9.97. The zero-order chi connectivity index (χ0) is 15.1. The highest BCUT2D eigenvalue weighted by Crippen LogP contribution is 2.40. The third kappa shape index (κ3) is 2.92. The number of hydrogen-bond acceptors (Lipinski definition) is 2. The lowest BCUT2D eigenvalue weighted by Crippen LogP contribution is -2.49. The van der Waals surface area contributed by atoms with Gasteiger partial charge in [-0.05, 0) is 30.5 Å². The minimum Gasteiger partial charge on any atom is -0.364 e. The summed E-state index contributed by atoms with van der Waals surface area (Å²) in [5, 5.41) is 3.24. The molecule has 1 aromatic carbocycles. The molecule has 21 heavy (non-hydrogen) atoms. The maximum absolute atomic E-state index is 13.4. The first kappa shape index (κ1) is 14.8. The number of rotatable bonds is 1. The molecule has 6 heteroatoms. The summed E-state index contributed by atoms with van der Waals surface area (Å²) in [7, 11) is 0. The van der Waals surface area contributed by atoms with E-state index in [9.17, 15) is 17.6 Å². The van der Waals surface area contributed by atoms with E-state index in [1.54, 1.807) is 0 Å². The van der Waals surface area contributed by atoms with Gasteiger partial charge < -0.3 is 10.1 Å². The van der Waals surface area contributed by atoms with Crippen LogP contribution in [0.3, 0.4) is 0 Å². The van der Waals surface area contributed by atoms with E-state index in [1.807, 2.05) is 0 Å². The number of morpholine rings is 1. The van der Waals surface area contributed by atoms with Crippen molar-refractivity contribution >= 4 is 0 Å². The molecular weight excluding hydrogens is 286 g/mol. The van der Waals surface area contributed by atoms with Gasteiger partial charge in [0.05, 0.1) is 17.3 Å². The predicted octanol–water partition coefficient (Wildman–Crippen LogP) is 3.82. The fraction of sp³-hybridized carbons (Fsp3) is 0.600. The van der Waals surface area contributed by atoms with Gasteiger partial charge in [-0.3, -0.25) is 0 Å². The monoisotopic (exact) mass is 303 g/mol. The molecule has 2 nitrogen and oxygen atoms in total. The van der Waals surface area contributed by atoms with Crippen molar-refractivity contribution < 1.29 is 22.3 Å². The van der Waals surface area contributed by atoms with Crippen molar-refractivity contribution in [1.82, 2.24) is 5.32 Å².